The molecule has 1 aromatic heterocycles. The molecule has 4 rings (SSSR count). The Labute approximate surface area is 164 Å². The molecule has 2 fully saturated rings. The minimum absolute atomic E-state index is 0.0551. The van der Waals surface area contributed by atoms with Gasteiger partial charge in [-0.15, -0.1) is 0 Å². The van der Waals surface area contributed by atoms with Crippen LogP contribution in [0.15, 0.2) is 21.8 Å². The summed E-state index contributed by atoms with van der Waals surface area (Å²) in [6.45, 7) is 0. The maximum Gasteiger partial charge on any atom is 0.328 e. The van der Waals surface area contributed by atoms with Crippen molar-refractivity contribution in [3.63, 3.8) is 0 Å². The van der Waals surface area contributed by atoms with Crippen LogP contribution >= 0.6 is 0 Å². The second kappa shape index (κ2) is 7.06. The molecule has 0 spiro atoms. The van der Waals surface area contributed by atoms with Crippen LogP contribution in [0.2, 0.25) is 0 Å². The predicted molar refractivity (Wildman–Crippen MR) is 108 cm³/mol. The zero-order valence-electron chi connectivity index (χ0n) is 16.4. The Balaban J connectivity index is 1.86. The van der Waals surface area contributed by atoms with Gasteiger partial charge in [-0.05, 0) is 37.8 Å². The first-order chi connectivity index (χ1) is 13.3. The van der Waals surface area contributed by atoms with Crippen LogP contribution < -0.4 is 11.0 Å². The summed E-state index contributed by atoms with van der Waals surface area (Å²) in [4.78, 5) is 25.0. The second-order valence-corrected chi connectivity index (χ2v) is 10.4. The number of nitrogens with one attached hydrogen (secondary N) is 1. The maximum atomic E-state index is 13.4. The molecule has 28 heavy (non-hydrogen) atoms. The fourth-order valence-corrected chi connectivity index (χ4v) is 6.32. The predicted octanol–water partition coefficient (Wildman–Crippen LogP) is 2.72. The molecule has 1 aromatic carbocycles. The van der Waals surface area contributed by atoms with Crippen molar-refractivity contribution in [1.29, 1.82) is 0 Å². The Hall–Kier alpha value is -2.09. The van der Waals surface area contributed by atoms with Gasteiger partial charge in [0.2, 0.25) is 5.91 Å². The number of aromatic nitrogens is 2. The Morgan fingerprint density at radius 2 is 1.57 bits per heavy atom. The normalized spacial score (nSPS) is 18.9. The number of hydrogen-bond acceptors (Lipinski definition) is 4. The number of rotatable bonds is 4. The van der Waals surface area contributed by atoms with Crippen LogP contribution in [0, 0.1) is 5.92 Å². The standard InChI is InChI=1S/C20H27N3O4S/c1-22-16-11-15(21-19(24)13-7-6-8-13)18(12-17(16)23(2)20(22)25)28(26,27)14-9-4-3-5-10-14/h11-14H,3-10H2,1-2H3,(H,21,24). The van der Waals surface area contributed by atoms with Crippen molar-refractivity contribution in [3.8, 4) is 0 Å². The Bertz CT molecular complexity index is 1090. The van der Waals surface area contributed by atoms with Crippen molar-refractivity contribution in [1.82, 2.24) is 9.13 Å². The summed E-state index contributed by atoms with van der Waals surface area (Å²) >= 11 is 0. The van der Waals surface area contributed by atoms with Crippen LogP contribution in [-0.4, -0.2) is 28.7 Å². The van der Waals surface area contributed by atoms with Crippen LogP contribution in [0.1, 0.15) is 51.4 Å². The average Bonchev–Trinajstić information content (AvgIpc) is 2.84. The van der Waals surface area contributed by atoms with Gasteiger partial charge in [-0.1, -0.05) is 25.7 Å². The van der Waals surface area contributed by atoms with Gasteiger partial charge in [0.15, 0.2) is 9.84 Å². The topological polar surface area (TPSA) is 90.2 Å². The molecule has 1 amide bonds. The number of hydrogen-bond donors (Lipinski definition) is 1. The van der Waals surface area contributed by atoms with Gasteiger partial charge in [-0.25, -0.2) is 13.2 Å². The summed E-state index contributed by atoms with van der Waals surface area (Å²) in [5.74, 6) is -0.188. The molecule has 152 valence electrons. The van der Waals surface area contributed by atoms with Gasteiger partial charge in [0.1, 0.15) is 0 Å². The molecule has 1 heterocycles. The molecule has 0 atom stereocenters. The van der Waals surface area contributed by atoms with E-state index in [9.17, 15) is 18.0 Å². The van der Waals surface area contributed by atoms with Gasteiger partial charge in [-0.3, -0.25) is 13.9 Å². The van der Waals surface area contributed by atoms with Gasteiger partial charge in [0.05, 0.1) is 26.9 Å². The highest BCUT2D eigenvalue weighted by Crippen LogP contribution is 2.36. The third kappa shape index (κ3) is 3.07. The summed E-state index contributed by atoms with van der Waals surface area (Å²) in [5.41, 5.74) is 1.25. The van der Waals surface area contributed by atoms with Gasteiger partial charge in [-0.2, -0.15) is 0 Å². The average molecular weight is 406 g/mol. The van der Waals surface area contributed by atoms with Crippen molar-refractivity contribution < 1.29 is 13.2 Å². The maximum absolute atomic E-state index is 13.4. The molecule has 2 aliphatic rings. The molecule has 2 saturated carbocycles. The third-order valence-electron chi connectivity index (χ3n) is 6.40. The third-order valence-corrected chi connectivity index (χ3v) is 8.70. The molecule has 2 aliphatic carbocycles. The highest BCUT2D eigenvalue weighted by molar-refractivity contribution is 7.92. The summed E-state index contributed by atoms with van der Waals surface area (Å²) in [6, 6.07) is 3.21. The number of sulfone groups is 1. The summed E-state index contributed by atoms with van der Waals surface area (Å²) in [7, 11) is -0.320. The molecule has 2 aromatic rings. The van der Waals surface area contributed by atoms with E-state index in [-0.39, 0.29) is 22.4 Å². The van der Waals surface area contributed by atoms with Gasteiger partial charge < -0.3 is 5.32 Å². The van der Waals surface area contributed by atoms with Crippen LogP contribution in [-0.2, 0) is 28.7 Å². The van der Waals surface area contributed by atoms with Crippen LogP contribution in [0.25, 0.3) is 11.0 Å². The molecule has 1 N–H and O–H groups in total. The number of amides is 1. The van der Waals surface area contributed by atoms with Crippen molar-refractivity contribution in [2.24, 2.45) is 20.0 Å². The number of carbonyl (C=O) groups excluding carboxylic acids is 1. The van der Waals surface area contributed by atoms with E-state index in [0.717, 1.165) is 38.5 Å². The first-order valence-electron chi connectivity index (χ1n) is 10.0. The highest BCUT2D eigenvalue weighted by atomic mass is 32.2. The van der Waals surface area contributed by atoms with Crippen LogP contribution in [0.4, 0.5) is 5.69 Å². The van der Waals surface area contributed by atoms with E-state index < -0.39 is 15.1 Å². The zero-order valence-corrected chi connectivity index (χ0v) is 17.2. The minimum atomic E-state index is -3.60. The van der Waals surface area contributed by atoms with Crippen LogP contribution in [0.5, 0.6) is 0 Å². The van der Waals surface area contributed by atoms with E-state index in [1.165, 1.54) is 9.13 Å². The van der Waals surface area contributed by atoms with E-state index in [1.807, 2.05) is 0 Å². The number of fused-ring (bicyclic) bond motifs is 1. The highest BCUT2D eigenvalue weighted by Gasteiger charge is 2.33. The molecule has 0 aliphatic heterocycles. The monoisotopic (exact) mass is 405 g/mol. The van der Waals surface area contributed by atoms with Gasteiger partial charge >= 0.3 is 5.69 Å². The molecule has 0 radical (unpaired) electrons. The first kappa shape index (κ1) is 19.2. The molecular formula is C20H27N3O4S. The lowest BCUT2D eigenvalue weighted by atomic mass is 9.85. The fraction of sp³-hybridized carbons (Fsp3) is 0.600. The molecule has 8 heteroatoms. The smallest absolute Gasteiger partial charge is 0.325 e. The zero-order chi connectivity index (χ0) is 20.1. The summed E-state index contributed by atoms with van der Waals surface area (Å²) in [6.07, 6.45) is 6.85. The van der Waals surface area contributed by atoms with E-state index in [2.05, 4.69) is 5.32 Å². The van der Waals surface area contributed by atoms with Crippen molar-refractivity contribution >= 4 is 32.5 Å². The Kier molecular flexibility index (Phi) is 4.85. The number of benzene rings is 1. The van der Waals surface area contributed by atoms with E-state index in [1.54, 1.807) is 26.2 Å². The summed E-state index contributed by atoms with van der Waals surface area (Å²) in [5, 5.41) is 2.43. The second-order valence-electron chi connectivity index (χ2n) is 8.16. The number of anilines is 1. The van der Waals surface area contributed by atoms with Crippen LogP contribution in [0.3, 0.4) is 0 Å². The fourth-order valence-electron chi connectivity index (χ4n) is 4.32. The molecule has 0 saturated heterocycles. The number of nitrogens with zero attached hydrogens (tertiary/aromatic N) is 2. The van der Waals surface area contributed by atoms with Crippen molar-refractivity contribution in [2.45, 2.75) is 61.5 Å². The lowest BCUT2D eigenvalue weighted by Crippen LogP contribution is -2.30. The van der Waals surface area contributed by atoms with Gasteiger partial charge in [0.25, 0.3) is 0 Å². The first-order valence-corrected chi connectivity index (χ1v) is 11.6. The largest absolute Gasteiger partial charge is 0.328 e. The number of aryl methyl sites for hydroxylation is 2. The summed E-state index contributed by atoms with van der Waals surface area (Å²) < 4.78 is 29.8. The molecular weight excluding hydrogens is 378 g/mol. The van der Waals surface area contributed by atoms with E-state index in [4.69, 9.17) is 0 Å². The SMILES string of the molecule is Cn1c(=O)n(C)c2cc(S(=O)(=O)C3CCCCC3)c(NC(=O)C3CCC3)cc21. The molecule has 0 unspecified atom stereocenters. The van der Waals surface area contributed by atoms with E-state index in [0.29, 0.717) is 29.6 Å². The number of carbonyl (C=O) groups is 1. The molecule has 7 nitrogen and oxygen atoms in total. The van der Waals surface area contributed by atoms with Gasteiger partial charge in [0, 0.05) is 20.0 Å². The van der Waals surface area contributed by atoms with Crippen molar-refractivity contribution in [2.75, 3.05) is 5.32 Å². The van der Waals surface area contributed by atoms with Crippen molar-refractivity contribution in [3.05, 3.63) is 22.6 Å². The lowest BCUT2D eigenvalue weighted by molar-refractivity contribution is -0.122. The Morgan fingerprint density at radius 3 is 2.14 bits per heavy atom. The lowest BCUT2D eigenvalue weighted by Gasteiger charge is -2.26. The molecule has 0 bridgehead atoms. The number of imidazole rings is 1. The van der Waals surface area contributed by atoms with E-state index >= 15 is 0 Å². The quantitative estimate of drug-likeness (QED) is 0.847. The Morgan fingerprint density at radius 1 is 0.964 bits per heavy atom. The minimum Gasteiger partial charge on any atom is -0.325 e.